The zero-order valence-electron chi connectivity index (χ0n) is 11.9. The zero-order chi connectivity index (χ0) is 14.8. The van der Waals surface area contributed by atoms with Crippen LogP contribution in [0.4, 0.5) is 5.69 Å². The van der Waals surface area contributed by atoms with Gasteiger partial charge in [-0.15, -0.1) is 0 Å². The Labute approximate surface area is 120 Å². The number of nitrogens with one attached hydrogen (secondary N) is 1. The molecule has 0 aliphatic heterocycles. The number of sulfonamides is 1. The molecule has 2 atom stereocenters. The Balaban J connectivity index is 2.24. The van der Waals surface area contributed by atoms with E-state index in [0.29, 0.717) is 17.4 Å². The molecule has 0 spiro atoms. The molecule has 6 heteroatoms. The molecule has 0 bridgehead atoms. The SMILES string of the molecule is COc1ccc(N)cc1S(=O)(=O)NC1CCCC(C)C1. The normalized spacial score (nSPS) is 23.5. The predicted molar refractivity (Wildman–Crippen MR) is 79.1 cm³/mol. The summed E-state index contributed by atoms with van der Waals surface area (Å²) in [5.41, 5.74) is 6.09. The van der Waals surface area contributed by atoms with Crippen molar-refractivity contribution in [3.05, 3.63) is 18.2 Å². The summed E-state index contributed by atoms with van der Waals surface area (Å²) in [6.45, 7) is 2.15. The summed E-state index contributed by atoms with van der Waals surface area (Å²) >= 11 is 0. The van der Waals surface area contributed by atoms with Gasteiger partial charge in [0.2, 0.25) is 10.0 Å². The monoisotopic (exact) mass is 298 g/mol. The van der Waals surface area contributed by atoms with Crippen LogP contribution in [-0.4, -0.2) is 21.6 Å². The summed E-state index contributed by atoms with van der Waals surface area (Å²) in [6.07, 6.45) is 3.99. The maximum Gasteiger partial charge on any atom is 0.244 e. The van der Waals surface area contributed by atoms with Crippen LogP contribution in [0.25, 0.3) is 0 Å². The largest absolute Gasteiger partial charge is 0.495 e. The van der Waals surface area contributed by atoms with Gasteiger partial charge in [0.25, 0.3) is 0 Å². The molecule has 0 saturated heterocycles. The van der Waals surface area contributed by atoms with Gasteiger partial charge in [0, 0.05) is 11.7 Å². The minimum absolute atomic E-state index is 0.00473. The van der Waals surface area contributed by atoms with Crippen molar-refractivity contribution in [2.75, 3.05) is 12.8 Å². The van der Waals surface area contributed by atoms with Crippen molar-refractivity contribution in [3.8, 4) is 5.75 Å². The van der Waals surface area contributed by atoms with Crippen LogP contribution < -0.4 is 15.2 Å². The van der Waals surface area contributed by atoms with Crippen LogP contribution in [0.3, 0.4) is 0 Å². The van der Waals surface area contributed by atoms with Gasteiger partial charge in [-0.1, -0.05) is 19.8 Å². The number of benzene rings is 1. The number of ether oxygens (including phenoxy) is 1. The third-order valence-electron chi connectivity index (χ3n) is 3.74. The van der Waals surface area contributed by atoms with E-state index in [0.717, 1.165) is 19.3 Å². The van der Waals surface area contributed by atoms with Crippen LogP contribution in [0.5, 0.6) is 5.75 Å². The van der Waals surface area contributed by atoms with Gasteiger partial charge in [-0.3, -0.25) is 0 Å². The minimum atomic E-state index is -3.60. The molecule has 0 radical (unpaired) electrons. The van der Waals surface area contributed by atoms with Crippen molar-refractivity contribution < 1.29 is 13.2 Å². The lowest BCUT2D eigenvalue weighted by atomic mass is 9.88. The summed E-state index contributed by atoms with van der Waals surface area (Å²) in [4.78, 5) is 0.109. The smallest absolute Gasteiger partial charge is 0.244 e. The average molecular weight is 298 g/mol. The van der Waals surface area contributed by atoms with E-state index in [9.17, 15) is 8.42 Å². The first kappa shape index (κ1) is 15.1. The number of hydrogen-bond acceptors (Lipinski definition) is 4. The van der Waals surface area contributed by atoms with Gasteiger partial charge in [0.05, 0.1) is 7.11 Å². The first-order valence-electron chi connectivity index (χ1n) is 6.88. The van der Waals surface area contributed by atoms with Crippen molar-refractivity contribution in [2.24, 2.45) is 5.92 Å². The van der Waals surface area contributed by atoms with Crippen molar-refractivity contribution in [2.45, 2.75) is 43.5 Å². The average Bonchev–Trinajstić information content (AvgIpc) is 2.38. The zero-order valence-corrected chi connectivity index (χ0v) is 12.7. The molecule has 1 aromatic rings. The second kappa shape index (κ2) is 6.01. The molecule has 1 aliphatic rings. The van der Waals surface area contributed by atoms with Crippen molar-refractivity contribution in [1.29, 1.82) is 0 Å². The highest BCUT2D eigenvalue weighted by atomic mass is 32.2. The molecular formula is C14H22N2O3S. The maximum atomic E-state index is 12.5. The molecule has 3 N–H and O–H groups in total. The van der Waals surface area contributed by atoms with Gasteiger partial charge in [0.15, 0.2) is 0 Å². The number of hydrogen-bond donors (Lipinski definition) is 2. The van der Waals surface area contributed by atoms with Crippen LogP contribution >= 0.6 is 0 Å². The van der Waals surface area contributed by atoms with E-state index >= 15 is 0 Å². The Morgan fingerprint density at radius 1 is 1.35 bits per heavy atom. The number of nitrogens with two attached hydrogens (primary N) is 1. The molecule has 2 rings (SSSR count). The predicted octanol–water partition coefficient (Wildman–Crippen LogP) is 2.13. The Kier molecular flexibility index (Phi) is 4.55. The Hall–Kier alpha value is -1.27. The molecule has 2 unspecified atom stereocenters. The van der Waals surface area contributed by atoms with Crippen LogP contribution in [0.15, 0.2) is 23.1 Å². The topological polar surface area (TPSA) is 81.4 Å². The fraction of sp³-hybridized carbons (Fsp3) is 0.571. The lowest BCUT2D eigenvalue weighted by Gasteiger charge is -2.27. The first-order valence-corrected chi connectivity index (χ1v) is 8.36. The molecule has 0 heterocycles. The molecule has 0 amide bonds. The lowest BCUT2D eigenvalue weighted by Crippen LogP contribution is -2.38. The number of methoxy groups -OCH3 is 1. The molecule has 1 saturated carbocycles. The highest BCUT2D eigenvalue weighted by molar-refractivity contribution is 7.89. The maximum absolute atomic E-state index is 12.5. The third kappa shape index (κ3) is 3.43. The molecule has 112 valence electrons. The molecule has 1 fully saturated rings. The molecule has 1 aromatic carbocycles. The number of anilines is 1. The van der Waals surface area contributed by atoms with Crippen molar-refractivity contribution >= 4 is 15.7 Å². The van der Waals surface area contributed by atoms with Crippen LogP contribution in [0.2, 0.25) is 0 Å². The standard InChI is InChI=1S/C14H22N2O3S/c1-10-4-3-5-12(8-10)16-20(17,18)14-9-11(15)6-7-13(14)19-2/h6-7,9-10,12,16H,3-5,8,15H2,1-2H3. The highest BCUT2D eigenvalue weighted by Crippen LogP contribution is 2.28. The van der Waals surface area contributed by atoms with Gasteiger partial charge >= 0.3 is 0 Å². The molecule has 1 aliphatic carbocycles. The first-order chi connectivity index (χ1) is 9.42. The summed E-state index contributed by atoms with van der Waals surface area (Å²) in [6, 6.07) is 4.64. The van der Waals surface area contributed by atoms with Crippen LogP contribution in [0.1, 0.15) is 32.6 Å². The fourth-order valence-electron chi connectivity index (χ4n) is 2.73. The summed E-state index contributed by atoms with van der Waals surface area (Å²) in [5.74, 6) is 0.870. The third-order valence-corrected chi connectivity index (χ3v) is 5.28. The van der Waals surface area contributed by atoms with E-state index in [1.807, 2.05) is 0 Å². The van der Waals surface area contributed by atoms with Gasteiger partial charge < -0.3 is 10.5 Å². The van der Waals surface area contributed by atoms with Crippen LogP contribution in [0, 0.1) is 5.92 Å². The lowest BCUT2D eigenvalue weighted by molar-refractivity contribution is 0.327. The Morgan fingerprint density at radius 2 is 2.10 bits per heavy atom. The quantitative estimate of drug-likeness (QED) is 0.834. The van der Waals surface area contributed by atoms with Crippen LogP contribution in [-0.2, 0) is 10.0 Å². The molecule has 20 heavy (non-hydrogen) atoms. The molecule has 0 aromatic heterocycles. The van der Waals surface area contributed by atoms with Gasteiger partial charge in [-0.25, -0.2) is 13.1 Å². The minimum Gasteiger partial charge on any atom is -0.495 e. The van der Waals surface area contributed by atoms with E-state index in [2.05, 4.69) is 11.6 Å². The Bertz CT molecular complexity index is 572. The van der Waals surface area contributed by atoms with Gasteiger partial charge in [-0.05, 0) is 37.0 Å². The van der Waals surface area contributed by atoms with E-state index in [-0.39, 0.29) is 10.9 Å². The summed E-state index contributed by atoms with van der Waals surface area (Å²) in [7, 11) is -2.15. The number of nitrogen functional groups attached to an aromatic ring is 1. The summed E-state index contributed by atoms with van der Waals surface area (Å²) in [5, 5.41) is 0. The number of rotatable bonds is 4. The summed E-state index contributed by atoms with van der Waals surface area (Å²) < 4.78 is 32.9. The van der Waals surface area contributed by atoms with E-state index in [4.69, 9.17) is 10.5 Å². The van der Waals surface area contributed by atoms with E-state index in [1.54, 1.807) is 12.1 Å². The fourth-order valence-corrected chi connectivity index (χ4v) is 4.21. The highest BCUT2D eigenvalue weighted by Gasteiger charge is 2.26. The van der Waals surface area contributed by atoms with E-state index < -0.39 is 10.0 Å². The second-order valence-electron chi connectivity index (χ2n) is 5.50. The van der Waals surface area contributed by atoms with Crippen molar-refractivity contribution in [1.82, 2.24) is 4.72 Å². The van der Waals surface area contributed by atoms with E-state index in [1.165, 1.54) is 19.6 Å². The van der Waals surface area contributed by atoms with Crippen molar-refractivity contribution in [3.63, 3.8) is 0 Å². The molecular weight excluding hydrogens is 276 g/mol. The second-order valence-corrected chi connectivity index (χ2v) is 7.18. The van der Waals surface area contributed by atoms with Gasteiger partial charge in [-0.2, -0.15) is 0 Å². The van der Waals surface area contributed by atoms with Gasteiger partial charge in [0.1, 0.15) is 10.6 Å². The molecule has 5 nitrogen and oxygen atoms in total. The Morgan fingerprint density at radius 3 is 2.75 bits per heavy atom.